The van der Waals surface area contributed by atoms with Crippen LogP contribution in [0.15, 0.2) is 48.0 Å². The number of hydrazine groups is 2. The molecule has 0 amide bonds. The Morgan fingerprint density at radius 3 is 2.69 bits per heavy atom. The van der Waals surface area contributed by atoms with Gasteiger partial charge in [0.25, 0.3) is 0 Å². The zero-order chi connectivity index (χ0) is 24.5. The second-order valence-corrected chi connectivity index (χ2v) is 8.80. The van der Waals surface area contributed by atoms with E-state index in [9.17, 15) is 14.0 Å². The zero-order valence-electron chi connectivity index (χ0n) is 17.9. The van der Waals surface area contributed by atoms with Crippen molar-refractivity contribution in [2.75, 3.05) is 10.6 Å². The molecule has 0 radical (unpaired) electrons. The molecule has 0 saturated carbocycles. The SMILES string of the molecule is Cc1ncsc1[C@H](Nc1cc(Cl)c2ncc(C#N)c(Nc3cnc(F)c(F)c3)c2c1)C1=CNNN1. The van der Waals surface area contributed by atoms with Crippen molar-refractivity contribution in [2.24, 2.45) is 0 Å². The van der Waals surface area contributed by atoms with E-state index in [0.717, 1.165) is 28.5 Å². The first-order valence-corrected chi connectivity index (χ1v) is 11.4. The number of benzene rings is 1. The minimum Gasteiger partial charge on any atom is -0.372 e. The molecule has 1 aliphatic rings. The Labute approximate surface area is 206 Å². The number of hydrogen-bond donors (Lipinski definition) is 5. The van der Waals surface area contributed by atoms with Crippen molar-refractivity contribution >= 4 is 50.9 Å². The Bertz CT molecular complexity index is 1520. The second-order valence-electron chi connectivity index (χ2n) is 7.51. The molecule has 5 N–H and O–H groups in total. The Morgan fingerprint density at radius 1 is 1.14 bits per heavy atom. The fourth-order valence-corrected chi connectivity index (χ4v) is 4.79. The zero-order valence-corrected chi connectivity index (χ0v) is 19.5. The van der Waals surface area contributed by atoms with Crippen molar-refractivity contribution < 1.29 is 8.78 Å². The van der Waals surface area contributed by atoms with Gasteiger partial charge in [-0.15, -0.1) is 11.3 Å². The molecule has 3 aromatic heterocycles. The van der Waals surface area contributed by atoms with E-state index in [-0.39, 0.29) is 17.3 Å². The molecule has 13 heteroatoms. The number of aryl methyl sites for hydroxylation is 1. The van der Waals surface area contributed by atoms with Crippen LogP contribution in [0.3, 0.4) is 0 Å². The van der Waals surface area contributed by atoms with Gasteiger partial charge in [-0.25, -0.2) is 14.4 Å². The molecule has 0 unspecified atom stereocenters. The largest absolute Gasteiger partial charge is 0.372 e. The Morgan fingerprint density at radius 2 is 2.00 bits per heavy atom. The monoisotopic (exact) mass is 511 g/mol. The number of rotatable bonds is 6. The highest BCUT2D eigenvalue weighted by molar-refractivity contribution is 7.09. The van der Waals surface area contributed by atoms with Gasteiger partial charge in [-0.05, 0) is 19.1 Å². The van der Waals surface area contributed by atoms with Gasteiger partial charge in [0.2, 0.25) is 5.95 Å². The Balaban J connectivity index is 1.60. The lowest BCUT2D eigenvalue weighted by atomic mass is 10.1. The molecular formula is C22H16ClF2N9S. The maximum absolute atomic E-state index is 13.8. The molecule has 0 aliphatic carbocycles. The lowest BCUT2D eigenvalue weighted by Gasteiger charge is -2.21. The second kappa shape index (κ2) is 9.30. The minimum atomic E-state index is -1.21. The third-order valence-electron chi connectivity index (χ3n) is 5.28. The van der Waals surface area contributed by atoms with Crippen LogP contribution >= 0.6 is 22.9 Å². The van der Waals surface area contributed by atoms with Crippen molar-refractivity contribution in [2.45, 2.75) is 13.0 Å². The van der Waals surface area contributed by atoms with E-state index < -0.39 is 11.8 Å². The third kappa shape index (κ3) is 4.40. The molecule has 4 aromatic rings. The smallest absolute Gasteiger partial charge is 0.249 e. The van der Waals surface area contributed by atoms with Crippen LogP contribution in [0.5, 0.6) is 0 Å². The molecule has 35 heavy (non-hydrogen) atoms. The van der Waals surface area contributed by atoms with E-state index in [0.29, 0.717) is 27.3 Å². The summed E-state index contributed by atoms with van der Waals surface area (Å²) in [6.07, 6.45) is 4.29. The van der Waals surface area contributed by atoms with Crippen LogP contribution in [-0.2, 0) is 0 Å². The number of aromatic nitrogens is 3. The molecule has 1 aliphatic heterocycles. The summed E-state index contributed by atoms with van der Waals surface area (Å²) < 4.78 is 27.1. The van der Waals surface area contributed by atoms with Crippen LogP contribution in [0.2, 0.25) is 5.02 Å². The van der Waals surface area contributed by atoms with Crippen molar-refractivity contribution in [3.63, 3.8) is 0 Å². The normalized spacial score (nSPS) is 13.5. The molecular weight excluding hydrogens is 496 g/mol. The number of halogens is 3. The third-order valence-corrected chi connectivity index (χ3v) is 6.57. The summed E-state index contributed by atoms with van der Waals surface area (Å²) in [5, 5.41) is 16.9. The predicted molar refractivity (Wildman–Crippen MR) is 130 cm³/mol. The summed E-state index contributed by atoms with van der Waals surface area (Å²) >= 11 is 8.08. The number of anilines is 3. The van der Waals surface area contributed by atoms with Gasteiger partial charge >= 0.3 is 0 Å². The number of nitrogens with zero attached hydrogens (tertiary/aromatic N) is 4. The molecule has 1 atom stereocenters. The van der Waals surface area contributed by atoms with E-state index in [1.807, 2.05) is 6.92 Å². The summed E-state index contributed by atoms with van der Waals surface area (Å²) in [4.78, 5) is 13.1. The van der Waals surface area contributed by atoms with Crippen LogP contribution in [0.4, 0.5) is 25.8 Å². The van der Waals surface area contributed by atoms with Gasteiger partial charge in [0.05, 0.1) is 55.5 Å². The highest BCUT2D eigenvalue weighted by Gasteiger charge is 2.24. The molecule has 9 nitrogen and oxygen atoms in total. The fraction of sp³-hybridized carbons (Fsp3) is 0.0909. The van der Waals surface area contributed by atoms with Gasteiger partial charge in [-0.1, -0.05) is 11.6 Å². The first-order valence-electron chi connectivity index (χ1n) is 10.2. The molecule has 4 heterocycles. The highest BCUT2D eigenvalue weighted by atomic mass is 35.5. The maximum Gasteiger partial charge on any atom is 0.249 e. The van der Waals surface area contributed by atoms with E-state index in [1.165, 1.54) is 17.5 Å². The summed E-state index contributed by atoms with van der Waals surface area (Å²) in [6, 6.07) is 6.24. The Hall–Kier alpha value is -4.05. The summed E-state index contributed by atoms with van der Waals surface area (Å²) in [5.41, 5.74) is 14.0. The van der Waals surface area contributed by atoms with Gasteiger partial charge in [0.15, 0.2) is 5.82 Å². The van der Waals surface area contributed by atoms with Crippen LogP contribution in [-0.4, -0.2) is 15.0 Å². The topological polar surface area (TPSA) is 123 Å². The van der Waals surface area contributed by atoms with Crippen molar-refractivity contribution in [1.29, 1.82) is 5.26 Å². The number of thiazole rings is 1. The molecule has 1 aromatic carbocycles. The van der Waals surface area contributed by atoms with Gasteiger partial charge in [0, 0.05) is 29.5 Å². The first kappa shape index (κ1) is 22.7. The summed E-state index contributed by atoms with van der Waals surface area (Å²) in [5.74, 6) is -2.33. The van der Waals surface area contributed by atoms with E-state index in [4.69, 9.17) is 11.6 Å². The maximum atomic E-state index is 13.8. The quantitative estimate of drug-likeness (QED) is 0.237. The van der Waals surface area contributed by atoms with Crippen LogP contribution in [0.1, 0.15) is 22.2 Å². The standard InChI is InChI=1S/C22H16ClF2N9S/c1-10-21(35-9-29-10)20(17-8-30-34-33-17)31-12-2-14-18(32-13-4-16(24)22(25)28-7-13)11(5-26)6-27-19(14)15(23)3-12/h2-4,6-9,20,30-31,33-34H,1H3,(H,27,32)/t20-/m1/s1. The number of nitriles is 1. The van der Waals surface area contributed by atoms with Crippen LogP contribution < -0.4 is 27.0 Å². The van der Waals surface area contributed by atoms with E-state index in [1.54, 1.807) is 23.8 Å². The number of fused-ring (bicyclic) bond motifs is 1. The molecule has 0 bridgehead atoms. The number of nitrogens with one attached hydrogen (secondary N) is 5. The van der Waals surface area contributed by atoms with Gasteiger partial charge in [0.1, 0.15) is 12.1 Å². The number of hydrogen-bond acceptors (Lipinski definition) is 10. The van der Waals surface area contributed by atoms with Crippen molar-refractivity contribution in [3.05, 3.63) is 80.9 Å². The lowest BCUT2D eigenvalue weighted by Crippen LogP contribution is -2.33. The Kier molecular flexibility index (Phi) is 6.04. The van der Waals surface area contributed by atoms with Gasteiger partial charge < -0.3 is 21.5 Å². The van der Waals surface area contributed by atoms with Crippen molar-refractivity contribution in [1.82, 2.24) is 31.3 Å². The van der Waals surface area contributed by atoms with Crippen molar-refractivity contribution in [3.8, 4) is 6.07 Å². The van der Waals surface area contributed by atoms with Crippen LogP contribution in [0.25, 0.3) is 10.9 Å². The molecule has 0 fully saturated rings. The molecule has 0 spiro atoms. The minimum absolute atomic E-state index is 0.165. The lowest BCUT2D eigenvalue weighted by molar-refractivity contribution is 0.480. The van der Waals surface area contributed by atoms with E-state index >= 15 is 0 Å². The summed E-state index contributed by atoms with van der Waals surface area (Å²) in [7, 11) is 0. The highest BCUT2D eigenvalue weighted by Crippen LogP contribution is 2.37. The average Bonchev–Trinajstić information content (AvgIpc) is 3.52. The molecule has 176 valence electrons. The number of pyridine rings is 2. The van der Waals surface area contributed by atoms with Gasteiger partial charge in [-0.2, -0.15) is 15.2 Å². The molecule has 5 rings (SSSR count). The predicted octanol–water partition coefficient (Wildman–Crippen LogP) is 4.55. The first-order chi connectivity index (χ1) is 16.9. The average molecular weight is 512 g/mol. The summed E-state index contributed by atoms with van der Waals surface area (Å²) in [6.45, 7) is 1.92. The molecule has 0 saturated heterocycles. The van der Waals surface area contributed by atoms with E-state index in [2.05, 4.69) is 48.0 Å². The van der Waals surface area contributed by atoms with Gasteiger partial charge in [-0.3, -0.25) is 4.98 Å². The van der Waals surface area contributed by atoms with Crippen LogP contribution in [0, 0.1) is 30.0 Å². The fourth-order valence-electron chi connectivity index (χ4n) is 3.65.